The summed E-state index contributed by atoms with van der Waals surface area (Å²) < 4.78 is 7.48. The van der Waals surface area contributed by atoms with Gasteiger partial charge in [0, 0.05) is 23.4 Å². The first-order valence-electron chi connectivity index (χ1n) is 9.74. The van der Waals surface area contributed by atoms with Crippen molar-refractivity contribution in [2.24, 2.45) is 0 Å². The van der Waals surface area contributed by atoms with E-state index in [1.165, 1.54) is 0 Å². The van der Waals surface area contributed by atoms with Crippen LogP contribution in [0.25, 0.3) is 10.9 Å². The van der Waals surface area contributed by atoms with Crippen LogP contribution in [0.5, 0.6) is 5.75 Å². The number of methoxy groups -OCH3 is 1. The van der Waals surface area contributed by atoms with Crippen LogP contribution >= 0.6 is 11.6 Å². The third-order valence-electron chi connectivity index (χ3n) is 5.36. The molecule has 1 atom stereocenters. The molecule has 0 aliphatic rings. The Labute approximate surface area is 180 Å². The van der Waals surface area contributed by atoms with E-state index in [9.17, 15) is 9.90 Å². The van der Waals surface area contributed by atoms with Gasteiger partial charge in [0.25, 0.3) is 0 Å². The number of carboxylic acid groups (broad SMARTS) is 1. The molecule has 0 aliphatic carbocycles. The molecule has 1 heterocycles. The lowest BCUT2D eigenvalue weighted by Crippen LogP contribution is -2.09. The van der Waals surface area contributed by atoms with E-state index in [-0.39, 0.29) is 12.3 Å². The predicted octanol–water partition coefficient (Wildman–Crippen LogP) is 5.96. The van der Waals surface area contributed by atoms with Crippen LogP contribution in [0.1, 0.15) is 29.0 Å². The standard InChI is InChI=1S/C25H22ClNO3/c1-30-19-12-13-22-21(14-19)24(20(15-23(28)29)18-10-6-3-7-11-18)25(26)27(22)16-17-8-4-2-5-9-17/h2-14,20H,15-16H2,1H3,(H,28,29). The van der Waals surface area contributed by atoms with E-state index in [1.807, 2.05) is 71.3 Å². The largest absolute Gasteiger partial charge is 0.497 e. The number of aromatic nitrogens is 1. The number of fused-ring (bicyclic) bond motifs is 1. The van der Waals surface area contributed by atoms with Gasteiger partial charge < -0.3 is 14.4 Å². The lowest BCUT2D eigenvalue weighted by molar-refractivity contribution is -0.137. The average Bonchev–Trinajstić information content (AvgIpc) is 3.04. The van der Waals surface area contributed by atoms with Crippen molar-refractivity contribution in [2.45, 2.75) is 18.9 Å². The Morgan fingerprint density at radius 1 is 1.03 bits per heavy atom. The molecular formula is C25H22ClNO3. The molecule has 4 rings (SSSR count). The van der Waals surface area contributed by atoms with Crippen LogP contribution < -0.4 is 4.74 Å². The summed E-state index contributed by atoms with van der Waals surface area (Å²) in [6, 6.07) is 25.6. The topological polar surface area (TPSA) is 51.5 Å². The number of nitrogens with zero attached hydrogens (tertiary/aromatic N) is 1. The molecule has 30 heavy (non-hydrogen) atoms. The van der Waals surface area contributed by atoms with E-state index in [0.717, 1.165) is 27.6 Å². The van der Waals surface area contributed by atoms with Crippen molar-refractivity contribution in [1.82, 2.24) is 4.57 Å². The molecule has 0 spiro atoms. The van der Waals surface area contributed by atoms with E-state index in [2.05, 4.69) is 12.1 Å². The molecule has 152 valence electrons. The molecule has 1 unspecified atom stereocenters. The molecule has 4 nitrogen and oxygen atoms in total. The fraction of sp³-hybridized carbons (Fsp3) is 0.160. The molecule has 1 aromatic heterocycles. The molecule has 0 fully saturated rings. The van der Waals surface area contributed by atoms with E-state index in [4.69, 9.17) is 16.3 Å². The molecule has 5 heteroatoms. The normalized spacial score (nSPS) is 12.1. The van der Waals surface area contributed by atoms with E-state index >= 15 is 0 Å². The van der Waals surface area contributed by atoms with E-state index < -0.39 is 5.97 Å². The van der Waals surface area contributed by atoms with Gasteiger partial charge in [0.1, 0.15) is 10.9 Å². The molecule has 0 radical (unpaired) electrons. The van der Waals surface area contributed by atoms with Gasteiger partial charge in [-0.3, -0.25) is 4.79 Å². The Kier molecular flexibility index (Phi) is 5.77. The summed E-state index contributed by atoms with van der Waals surface area (Å²) in [6.45, 7) is 0.594. The molecule has 0 saturated heterocycles. The van der Waals surface area contributed by atoms with Gasteiger partial charge in [0.2, 0.25) is 0 Å². The summed E-state index contributed by atoms with van der Waals surface area (Å²) in [6.07, 6.45) is -0.0502. The van der Waals surface area contributed by atoms with Gasteiger partial charge >= 0.3 is 5.97 Å². The lowest BCUT2D eigenvalue weighted by atomic mass is 9.88. The number of ether oxygens (including phenoxy) is 1. The molecular weight excluding hydrogens is 398 g/mol. The van der Waals surface area contributed by atoms with Crippen molar-refractivity contribution in [1.29, 1.82) is 0 Å². The Morgan fingerprint density at radius 3 is 2.33 bits per heavy atom. The number of benzene rings is 3. The summed E-state index contributed by atoms with van der Waals surface area (Å²) in [7, 11) is 1.62. The maximum atomic E-state index is 11.8. The van der Waals surface area contributed by atoms with E-state index in [1.54, 1.807) is 7.11 Å². The fourth-order valence-electron chi connectivity index (χ4n) is 3.95. The third-order valence-corrected chi connectivity index (χ3v) is 5.76. The average molecular weight is 420 g/mol. The second-order valence-corrected chi connectivity index (χ2v) is 7.58. The smallest absolute Gasteiger partial charge is 0.304 e. The fourth-order valence-corrected chi connectivity index (χ4v) is 4.34. The zero-order chi connectivity index (χ0) is 21.1. The first kappa shape index (κ1) is 20.0. The minimum Gasteiger partial charge on any atom is -0.497 e. The zero-order valence-corrected chi connectivity index (χ0v) is 17.3. The number of hydrogen-bond acceptors (Lipinski definition) is 2. The molecule has 1 N–H and O–H groups in total. The Bertz CT molecular complexity index is 1170. The van der Waals surface area contributed by atoms with Gasteiger partial charge in [-0.1, -0.05) is 72.3 Å². The highest BCUT2D eigenvalue weighted by Crippen LogP contribution is 2.41. The molecule has 3 aromatic carbocycles. The first-order chi connectivity index (χ1) is 14.6. The van der Waals surface area contributed by atoms with Crippen molar-refractivity contribution in [3.05, 3.63) is 101 Å². The van der Waals surface area contributed by atoms with Gasteiger partial charge in [-0.15, -0.1) is 0 Å². The number of rotatable bonds is 7. The lowest BCUT2D eigenvalue weighted by Gasteiger charge is -2.16. The van der Waals surface area contributed by atoms with Crippen molar-refractivity contribution in [2.75, 3.05) is 7.11 Å². The monoisotopic (exact) mass is 419 g/mol. The van der Waals surface area contributed by atoms with E-state index in [0.29, 0.717) is 17.4 Å². The van der Waals surface area contributed by atoms with Crippen molar-refractivity contribution in [3.63, 3.8) is 0 Å². The molecule has 0 aliphatic heterocycles. The van der Waals surface area contributed by atoms with Gasteiger partial charge in [-0.2, -0.15) is 0 Å². The highest BCUT2D eigenvalue weighted by molar-refractivity contribution is 6.32. The Hall–Kier alpha value is -3.24. The minimum absolute atomic E-state index is 0.0502. The Morgan fingerprint density at radius 2 is 1.70 bits per heavy atom. The number of carboxylic acids is 1. The maximum Gasteiger partial charge on any atom is 0.304 e. The maximum absolute atomic E-state index is 11.8. The minimum atomic E-state index is -0.869. The van der Waals surface area contributed by atoms with Crippen LogP contribution in [-0.4, -0.2) is 22.8 Å². The summed E-state index contributed by atoms with van der Waals surface area (Å²) in [5, 5.41) is 11.1. The van der Waals surface area contributed by atoms with Gasteiger partial charge in [-0.25, -0.2) is 0 Å². The van der Waals surface area contributed by atoms with Crippen molar-refractivity contribution < 1.29 is 14.6 Å². The first-order valence-corrected chi connectivity index (χ1v) is 10.1. The van der Waals surface area contributed by atoms with Crippen LogP contribution in [-0.2, 0) is 11.3 Å². The SMILES string of the molecule is COc1ccc2c(c1)c(C(CC(=O)O)c1ccccc1)c(Cl)n2Cc1ccccc1. The highest BCUT2D eigenvalue weighted by Gasteiger charge is 2.27. The second-order valence-electron chi connectivity index (χ2n) is 7.22. The van der Waals surface area contributed by atoms with Crippen molar-refractivity contribution >= 4 is 28.5 Å². The van der Waals surface area contributed by atoms with Gasteiger partial charge in [0.05, 0.1) is 19.0 Å². The molecule has 4 aromatic rings. The van der Waals surface area contributed by atoms with Gasteiger partial charge in [-0.05, 0) is 29.3 Å². The van der Waals surface area contributed by atoms with Crippen LogP contribution in [0.15, 0.2) is 78.9 Å². The van der Waals surface area contributed by atoms with Crippen LogP contribution in [0.4, 0.5) is 0 Å². The summed E-state index contributed by atoms with van der Waals surface area (Å²) in [4.78, 5) is 11.8. The van der Waals surface area contributed by atoms with Crippen molar-refractivity contribution in [3.8, 4) is 5.75 Å². The van der Waals surface area contributed by atoms with Crippen LogP contribution in [0, 0.1) is 0 Å². The quantitative estimate of drug-likeness (QED) is 0.402. The third kappa shape index (κ3) is 3.91. The summed E-state index contributed by atoms with van der Waals surface area (Å²) >= 11 is 6.95. The number of halogens is 1. The zero-order valence-electron chi connectivity index (χ0n) is 16.6. The predicted molar refractivity (Wildman–Crippen MR) is 120 cm³/mol. The molecule has 0 bridgehead atoms. The number of aliphatic carboxylic acids is 1. The molecule has 0 saturated carbocycles. The van der Waals surface area contributed by atoms with Crippen LogP contribution in [0.3, 0.4) is 0 Å². The summed E-state index contributed by atoms with van der Waals surface area (Å²) in [5.74, 6) is -0.533. The van der Waals surface area contributed by atoms with Gasteiger partial charge in [0.15, 0.2) is 0 Å². The second kappa shape index (κ2) is 8.64. The van der Waals surface area contributed by atoms with Crippen LogP contribution in [0.2, 0.25) is 5.15 Å². The Balaban J connectivity index is 1.95. The highest BCUT2D eigenvalue weighted by atomic mass is 35.5. The number of carbonyl (C=O) groups is 1. The molecule has 0 amide bonds. The number of hydrogen-bond donors (Lipinski definition) is 1. The summed E-state index contributed by atoms with van der Waals surface area (Å²) in [5.41, 5.74) is 3.80.